The average molecular weight is 323 g/mol. The molecule has 0 bridgehead atoms. The number of hydrogen-bond acceptors (Lipinski definition) is 2. The van der Waals surface area contributed by atoms with Crippen LogP contribution in [-0.2, 0) is 0 Å². The highest BCUT2D eigenvalue weighted by Gasteiger charge is 2.24. The standard InChI is InChI=1S/C17H20Cl2N2/c1-12(13-7-3-5-9-15(13)18)21(2)17(11-20)14-8-4-6-10-16(14)19/h3-10,12,17H,11,20H2,1-2H3. The molecule has 2 N–H and O–H groups in total. The molecule has 0 aliphatic rings. The van der Waals surface area contributed by atoms with Crippen LogP contribution in [0.15, 0.2) is 48.5 Å². The molecule has 0 fully saturated rings. The van der Waals surface area contributed by atoms with Gasteiger partial charge < -0.3 is 5.73 Å². The molecular formula is C17H20Cl2N2. The molecule has 0 saturated heterocycles. The zero-order valence-corrected chi connectivity index (χ0v) is 13.8. The second-order valence-electron chi connectivity index (χ2n) is 5.14. The third-order valence-electron chi connectivity index (χ3n) is 3.95. The van der Waals surface area contributed by atoms with Gasteiger partial charge in [0.15, 0.2) is 0 Å². The number of likely N-dealkylation sites (N-methyl/N-ethyl adjacent to an activating group) is 1. The fourth-order valence-corrected chi connectivity index (χ4v) is 3.12. The fourth-order valence-electron chi connectivity index (χ4n) is 2.56. The Morgan fingerprint density at radius 2 is 1.43 bits per heavy atom. The van der Waals surface area contributed by atoms with Gasteiger partial charge in [0.05, 0.1) is 0 Å². The lowest BCUT2D eigenvalue weighted by atomic mass is 10.0. The summed E-state index contributed by atoms with van der Waals surface area (Å²) in [4.78, 5) is 2.21. The molecule has 0 aliphatic carbocycles. The van der Waals surface area contributed by atoms with Crippen LogP contribution in [0.1, 0.15) is 30.1 Å². The number of halogens is 2. The van der Waals surface area contributed by atoms with Crippen LogP contribution in [0.5, 0.6) is 0 Å². The van der Waals surface area contributed by atoms with Gasteiger partial charge in [0, 0.05) is 28.7 Å². The summed E-state index contributed by atoms with van der Waals surface area (Å²) in [5.41, 5.74) is 8.13. The molecule has 2 nitrogen and oxygen atoms in total. The predicted octanol–water partition coefficient (Wildman–Crippen LogP) is 4.69. The molecule has 2 rings (SSSR count). The van der Waals surface area contributed by atoms with E-state index in [1.807, 2.05) is 48.5 Å². The van der Waals surface area contributed by atoms with E-state index in [-0.39, 0.29) is 12.1 Å². The van der Waals surface area contributed by atoms with Gasteiger partial charge in [0.1, 0.15) is 0 Å². The number of rotatable bonds is 5. The Bertz CT molecular complexity index is 601. The fraction of sp³-hybridized carbons (Fsp3) is 0.294. The zero-order valence-electron chi connectivity index (χ0n) is 12.3. The number of nitrogens with two attached hydrogens (primary N) is 1. The van der Waals surface area contributed by atoms with Crippen LogP contribution in [0.2, 0.25) is 10.0 Å². The predicted molar refractivity (Wildman–Crippen MR) is 90.9 cm³/mol. The second kappa shape index (κ2) is 7.28. The largest absolute Gasteiger partial charge is 0.329 e. The molecule has 0 radical (unpaired) electrons. The Balaban J connectivity index is 2.31. The maximum atomic E-state index is 6.32. The molecule has 0 saturated carbocycles. The molecular weight excluding hydrogens is 303 g/mol. The Hall–Kier alpha value is -1.06. The molecule has 2 aromatic rings. The van der Waals surface area contributed by atoms with Crippen molar-refractivity contribution >= 4 is 23.2 Å². The molecule has 21 heavy (non-hydrogen) atoms. The smallest absolute Gasteiger partial charge is 0.0488 e. The zero-order chi connectivity index (χ0) is 15.4. The summed E-state index contributed by atoms with van der Waals surface area (Å²) in [6, 6.07) is 15.9. The SMILES string of the molecule is CC(c1ccccc1Cl)N(C)C(CN)c1ccccc1Cl. The Labute approximate surface area is 136 Å². The highest BCUT2D eigenvalue weighted by atomic mass is 35.5. The molecule has 0 spiro atoms. The number of hydrogen-bond donors (Lipinski definition) is 1. The molecule has 0 aromatic heterocycles. The monoisotopic (exact) mass is 322 g/mol. The number of benzene rings is 2. The van der Waals surface area contributed by atoms with Crippen molar-refractivity contribution in [2.75, 3.05) is 13.6 Å². The van der Waals surface area contributed by atoms with E-state index in [0.717, 1.165) is 21.2 Å². The second-order valence-corrected chi connectivity index (χ2v) is 5.95. The molecule has 2 unspecified atom stereocenters. The van der Waals surface area contributed by atoms with E-state index in [2.05, 4.69) is 18.9 Å². The Kier molecular flexibility index (Phi) is 5.65. The Morgan fingerprint density at radius 1 is 0.952 bits per heavy atom. The van der Waals surface area contributed by atoms with Crippen molar-refractivity contribution in [3.8, 4) is 0 Å². The average Bonchev–Trinajstić information content (AvgIpc) is 2.49. The van der Waals surface area contributed by atoms with Crippen LogP contribution >= 0.6 is 23.2 Å². The van der Waals surface area contributed by atoms with Gasteiger partial charge in [0.25, 0.3) is 0 Å². The van der Waals surface area contributed by atoms with Crippen LogP contribution in [-0.4, -0.2) is 18.5 Å². The first-order chi connectivity index (χ1) is 10.1. The van der Waals surface area contributed by atoms with E-state index >= 15 is 0 Å². The minimum atomic E-state index is 0.0463. The van der Waals surface area contributed by atoms with Crippen LogP contribution in [0, 0.1) is 0 Å². The third-order valence-corrected chi connectivity index (χ3v) is 4.63. The Morgan fingerprint density at radius 3 is 1.90 bits per heavy atom. The van der Waals surface area contributed by atoms with Crippen molar-refractivity contribution in [1.82, 2.24) is 4.90 Å². The molecule has 2 atom stereocenters. The topological polar surface area (TPSA) is 29.3 Å². The third kappa shape index (κ3) is 3.58. The maximum absolute atomic E-state index is 6.32. The highest BCUT2D eigenvalue weighted by molar-refractivity contribution is 6.31. The van der Waals surface area contributed by atoms with Crippen molar-refractivity contribution in [2.24, 2.45) is 5.73 Å². The van der Waals surface area contributed by atoms with E-state index in [4.69, 9.17) is 28.9 Å². The first kappa shape index (κ1) is 16.3. The lowest BCUT2D eigenvalue weighted by molar-refractivity contribution is 0.190. The number of nitrogens with zero attached hydrogens (tertiary/aromatic N) is 1. The van der Waals surface area contributed by atoms with Crippen molar-refractivity contribution in [2.45, 2.75) is 19.0 Å². The minimum Gasteiger partial charge on any atom is -0.329 e. The van der Waals surface area contributed by atoms with Gasteiger partial charge in [-0.2, -0.15) is 0 Å². The molecule has 0 aliphatic heterocycles. The highest BCUT2D eigenvalue weighted by Crippen LogP contribution is 2.34. The summed E-state index contributed by atoms with van der Waals surface area (Å²) in [5.74, 6) is 0. The van der Waals surface area contributed by atoms with Gasteiger partial charge in [0.2, 0.25) is 0 Å². The summed E-state index contributed by atoms with van der Waals surface area (Å²) < 4.78 is 0. The van der Waals surface area contributed by atoms with Crippen molar-refractivity contribution < 1.29 is 0 Å². The summed E-state index contributed by atoms with van der Waals surface area (Å²) >= 11 is 12.6. The van der Waals surface area contributed by atoms with Gasteiger partial charge in [-0.3, -0.25) is 4.90 Å². The summed E-state index contributed by atoms with van der Waals surface area (Å²) in [6.45, 7) is 2.62. The van der Waals surface area contributed by atoms with Gasteiger partial charge in [-0.1, -0.05) is 59.6 Å². The van der Waals surface area contributed by atoms with E-state index in [1.54, 1.807) is 0 Å². The maximum Gasteiger partial charge on any atom is 0.0488 e. The molecule has 4 heteroatoms. The quantitative estimate of drug-likeness (QED) is 0.865. The van der Waals surface area contributed by atoms with Crippen molar-refractivity contribution in [1.29, 1.82) is 0 Å². The van der Waals surface area contributed by atoms with Crippen molar-refractivity contribution in [3.63, 3.8) is 0 Å². The summed E-state index contributed by atoms with van der Waals surface area (Å²) in [5, 5.41) is 1.51. The summed E-state index contributed by atoms with van der Waals surface area (Å²) in [6.07, 6.45) is 0. The lowest BCUT2D eigenvalue weighted by Gasteiger charge is -2.34. The van der Waals surface area contributed by atoms with E-state index < -0.39 is 0 Å². The first-order valence-electron chi connectivity index (χ1n) is 6.97. The molecule has 112 valence electrons. The van der Waals surface area contributed by atoms with Gasteiger partial charge in [-0.05, 0) is 37.2 Å². The van der Waals surface area contributed by atoms with Crippen LogP contribution in [0.25, 0.3) is 0 Å². The van der Waals surface area contributed by atoms with E-state index in [9.17, 15) is 0 Å². The van der Waals surface area contributed by atoms with Gasteiger partial charge >= 0.3 is 0 Å². The first-order valence-corrected chi connectivity index (χ1v) is 7.72. The van der Waals surface area contributed by atoms with E-state index in [0.29, 0.717) is 6.54 Å². The molecule has 0 heterocycles. The van der Waals surface area contributed by atoms with Crippen LogP contribution in [0.4, 0.5) is 0 Å². The van der Waals surface area contributed by atoms with Gasteiger partial charge in [-0.25, -0.2) is 0 Å². The van der Waals surface area contributed by atoms with Crippen LogP contribution < -0.4 is 5.73 Å². The minimum absolute atomic E-state index is 0.0463. The normalized spacial score (nSPS) is 14.2. The van der Waals surface area contributed by atoms with Crippen molar-refractivity contribution in [3.05, 3.63) is 69.7 Å². The molecule has 0 amide bonds. The van der Waals surface area contributed by atoms with Gasteiger partial charge in [-0.15, -0.1) is 0 Å². The van der Waals surface area contributed by atoms with Crippen LogP contribution in [0.3, 0.4) is 0 Å². The van der Waals surface area contributed by atoms with E-state index in [1.165, 1.54) is 0 Å². The summed E-state index contributed by atoms with van der Waals surface area (Å²) in [7, 11) is 2.05. The lowest BCUT2D eigenvalue weighted by Crippen LogP contribution is -2.33. The molecule has 2 aromatic carbocycles.